The first-order chi connectivity index (χ1) is 8.15. The van der Waals surface area contributed by atoms with E-state index in [1.54, 1.807) is 0 Å². The lowest BCUT2D eigenvalue weighted by molar-refractivity contribution is -0.143. The fourth-order valence-corrected chi connectivity index (χ4v) is 2.29. The molecule has 17 heavy (non-hydrogen) atoms. The number of hydrogen-bond donors (Lipinski definition) is 3. The number of nitrogens with one attached hydrogen (secondary N) is 2. The van der Waals surface area contributed by atoms with Gasteiger partial charge < -0.3 is 15.7 Å². The molecule has 0 heterocycles. The Morgan fingerprint density at radius 1 is 1.00 bits per heavy atom. The Hall–Kier alpha value is -1.10. The van der Waals surface area contributed by atoms with Gasteiger partial charge in [-0.3, -0.25) is 9.59 Å². The first-order valence-electron chi connectivity index (χ1n) is 6.40. The summed E-state index contributed by atoms with van der Waals surface area (Å²) < 4.78 is 0. The maximum absolute atomic E-state index is 11.4. The van der Waals surface area contributed by atoms with Crippen molar-refractivity contribution < 1.29 is 14.7 Å². The smallest absolute Gasteiger partial charge is 0.306 e. The molecule has 0 spiro atoms. The Morgan fingerprint density at radius 3 is 2.12 bits per heavy atom. The predicted octanol–water partition coefficient (Wildman–Crippen LogP) is 0.498. The summed E-state index contributed by atoms with van der Waals surface area (Å²) >= 11 is 0. The fraction of sp³-hybridized carbons (Fsp3) is 0.833. The molecule has 0 aromatic rings. The monoisotopic (exact) mass is 240 g/mol. The van der Waals surface area contributed by atoms with Crippen molar-refractivity contribution >= 4 is 11.9 Å². The van der Waals surface area contributed by atoms with Crippen molar-refractivity contribution in [1.82, 2.24) is 10.6 Å². The minimum Gasteiger partial charge on any atom is -0.481 e. The topological polar surface area (TPSA) is 78.4 Å². The Bertz CT molecular complexity index is 294. The molecular formula is C12H20N2O3. The van der Waals surface area contributed by atoms with Gasteiger partial charge in [-0.2, -0.15) is 0 Å². The van der Waals surface area contributed by atoms with Crippen LogP contribution in [0.15, 0.2) is 0 Å². The number of aliphatic carboxylic acids is 1. The first kappa shape index (κ1) is 12.4. The Morgan fingerprint density at radius 2 is 1.59 bits per heavy atom. The molecule has 0 aliphatic heterocycles. The Labute approximate surface area is 101 Å². The summed E-state index contributed by atoms with van der Waals surface area (Å²) in [7, 11) is 0. The van der Waals surface area contributed by atoms with Gasteiger partial charge in [-0.1, -0.05) is 0 Å². The molecule has 2 rings (SSSR count). The van der Waals surface area contributed by atoms with Crippen LogP contribution in [0.3, 0.4) is 0 Å². The second-order valence-corrected chi connectivity index (χ2v) is 5.11. The van der Waals surface area contributed by atoms with E-state index >= 15 is 0 Å². The van der Waals surface area contributed by atoms with Gasteiger partial charge >= 0.3 is 5.97 Å². The molecule has 0 aromatic carbocycles. The second kappa shape index (κ2) is 5.49. The summed E-state index contributed by atoms with van der Waals surface area (Å²) in [6, 6.07) is 0.711. The van der Waals surface area contributed by atoms with Gasteiger partial charge in [-0.05, 0) is 38.5 Å². The predicted molar refractivity (Wildman–Crippen MR) is 62.5 cm³/mol. The highest BCUT2D eigenvalue weighted by Gasteiger charge is 2.27. The van der Waals surface area contributed by atoms with Crippen molar-refractivity contribution in [2.45, 2.75) is 50.6 Å². The molecule has 0 radical (unpaired) electrons. The lowest BCUT2D eigenvalue weighted by Gasteiger charge is -2.26. The summed E-state index contributed by atoms with van der Waals surface area (Å²) in [5.74, 6) is -0.809. The third kappa shape index (κ3) is 4.00. The van der Waals surface area contributed by atoms with Crippen molar-refractivity contribution in [3.8, 4) is 0 Å². The van der Waals surface area contributed by atoms with Crippen molar-refractivity contribution in [3.63, 3.8) is 0 Å². The molecule has 2 saturated carbocycles. The molecule has 2 fully saturated rings. The largest absolute Gasteiger partial charge is 0.481 e. The zero-order valence-electron chi connectivity index (χ0n) is 9.95. The van der Waals surface area contributed by atoms with E-state index in [1.165, 1.54) is 0 Å². The van der Waals surface area contributed by atoms with Crippen LogP contribution >= 0.6 is 0 Å². The van der Waals surface area contributed by atoms with E-state index in [0.717, 1.165) is 38.5 Å². The third-order valence-electron chi connectivity index (χ3n) is 3.57. The highest BCUT2D eigenvalue weighted by atomic mass is 16.4. The molecule has 2 aliphatic carbocycles. The standard InChI is InChI=1S/C12H20N2O3/c15-11(14-10-5-6-10)7-13-9-3-1-8(2-4-9)12(16)17/h8-10,13H,1-7H2,(H,14,15)(H,16,17). The SMILES string of the molecule is O=C(CNC1CCC(C(=O)O)CC1)NC1CC1. The van der Waals surface area contributed by atoms with Crippen LogP contribution in [0.5, 0.6) is 0 Å². The zero-order valence-corrected chi connectivity index (χ0v) is 9.95. The minimum absolute atomic E-state index is 0.0628. The second-order valence-electron chi connectivity index (χ2n) is 5.11. The molecule has 0 aromatic heterocycles. The van der Waals surface area contributed by atoms with Gasteiger partial charge in [0.05, 0.1) is 12.5 Å². The highest BCUT2D eigenvalue weighted by molar-refractivity contribution is 5.78. The lowest BCUT2D eigenvalue weighted by atomic mass is 9.86. The minimum atomic E-state index is -0.685. The quantitative estimate of drug-likeness (QED) is 0.654. The summed E-state index contributed by atoms with van der Waals surface area (Å²) in [6.07, 6.45) is 5.36. The molecular weight excluding hydrogens is 220 g/mol. The summed E-state index contributed by atoms with van der Waals surface area (Å²) in [4.78, 5) is 22.2. The molecule has 0 atom stereocenters. The number of hydrogen-bond acceptors (Lipinski definition) is 3. The number of carboxylic acids is 1. The summed E-state index contributed by atoms with van der Waals surface area (Å²) in [5, 5.41) is 15.0. The number of rotatable bonds is 5. The van der Waals surface area contributed by atoms with Crippen molar-refractivity contribution in [3.05, 3.63) is 0 Å². The summed E-state index contributed by atoms with van der Waals surface area (Å²) in [5.41, 5.74) is 0. The highest BCUT2D eigenvalue weighted by Crippen LogP contribution is 2.24. The van der Waals surface area contributed by atoms with E-state index in [4.69, 9.17) is 5.11 Å². The fourth-order valence-electron chi connectivity index (χ4n) is 2.29. The molecule has 0 saturated heterocycles. The van der Waals surface area contributed by atoms with Gasteiger partial charge in [0, 0.05) is 12.1 Å². The Balaban J connectivity index is 1.60. The van der Waals surface area contributed by atoms with Crippen LogP contribution in [-0.2, 0) is 9.59 Å². The van der Waals surface area contributed by atoms with E-state index in [9.17, 15) is 9.59 Å². The lowest BCUT2D eigenvalue weighted by Crippen LogP contribution is -2.41. The van der Waals surface area contributed by atoms with Gasteiger partial charge in [-0.25, -0.2) is 0 Å². The number of amides is 1. The van der Waals surface area contributed by atoms with Crippen LogP contribution < -0.4 is 10.6 Å². The zero-order chi connectivity index (χ0) is 12.3. The van der Waals surface area contributed by atoms with E-state index in [-0.39, 0.29) is 11.8 Å². The summed E-state index contributed by atoms with van der Waals surface area (Å²) in [6.45, 7) is 0.360. The van der Waals surface area contributed by atoms with E-state index < -0.39 is 5.97 Å². The number of carbonyl (C=O) groups is 2. The van der Waals surface area contributed by atoms with E-state index in [2.05, 4.69) is 10.6 Å². The number of carbonyl (C=O) groups excluding carboxylic acids is 1. The molecule has 2 aliphatic rings. The molecule has 5 nitrogen and oxygen atoms in total. The van der Waals surface area contributed by atoms with Crippen LogP contribution in [0.4, 0.5) is 0 Å². The molecule has 5 heteroatoms. The van der Waals surface area contributed by atoms with Gasteiger partial charge in [0.1, 0.15) is 0 Å². The van der Waals surface area contributed by atoms with Crippen molar-refractivity contribution in [2.75, 3.05) is 6.54 Å². The van der Waals surface area contributed by atoms with E-state index in [1.807, 2.05) is 0 Å². The normalized spacial score (nSPS) is 28.7. The van der Waals surface area contributed by atoms with Crippen LogP contribution in [0.25, 0.3) is 0 Å². The Kier molecular flexibility index (Phi) is 3.99. The van der Waals surface area contributed by atoms with Gasteiger partial charge in [0.2, 0.25) is 5.91 Å². The number of carboxylic acid groups (broad SMARTS) is 1. The average Bonchev–Trinajstić information content (AvgIpc) is 3.11. The average molecular weight is 240 g/mol. The maximum atomic E-state index is 11.4. The maximum Gasteiger partial charge on any atom is 0.306 e. The molecule has 1 amide bonds. The molecule has 3 N–H and O–H groups in total. The van der Waals surface area contributed by atoms with Crippen LogP contribution in [0.2, 0.25) is 0 Å². The van der Waals surface area contributed by atoms with Gasteiger partial charge in [0.25, 0.3) is 0 Å². The van der Waals surface area contributed by atoms with Gasteiger partial charge in [0.15, 0.2) is 0 Å². The molecule has 96 valence electrons. The van der Waals surface area contributed by atoms with Gasteiger partial charge in [-0.15, -0.1) is 0 Å². The molecule has 0 unspecified atom stereocenters. The van der Waals surface area contributed by atoms with Crippen LogP contribution in [0, 0.1) is 5.92 Å². The third-order valence-corrected chi connectivity index (χ3v) is 3.57. The first-order valence-corrected chi connectivity index (χ1v) is 6.40. The molecule has 0 bridgehead atoms. The van der Waals surface area contributed by atoms with Crippen LogP contribution in [-0.4, -0.2) is 35.6 Å². The van der Waals surface area contributed by atoms with Crippen molar-refractivity contribution in [2.24, 2.45) is 5.92 Å². The van der Waals surface area contributed by atoms with Crippen molar-refractivity contribution in [1.29, 1.82) is 0 Å². The van der Waals surface area contributed by atoms with Crippen LogP contribution in [0.1, 0.15) is 38.5 Å². The van der Waals surface area contributed by atoms with E-state index in [0.29, 0.717) is 18.6 Å².